The summed E-state index contributed by atoms with van der Waals surface area (Å²) in [5.74, 6) is -1.57. The van der Waals surface area contributed by atoms with Crippen LogP contribution < -0.4 is 25.6 Å². The Bertz CT molecular complexity index is 1070. The Morgan fingerprint density at radius 1 is 0.970 bits per heavy atom. The van der Waals surface area contributed by atoms with E-state index in [9.17, 15) is 24.5 Å². The lowest BCUT2D eigenvalue weighted by atomic mass is 10.0. The first-order valence-corrected chi connectivity index (χ1v) is 10.0. The van der Waals surface area contributed by atoms with Crippen molar-refractivity contribution in [2.75, 3.05) is 14.2 Å². The molecule has 2 rings (SSSR count). The summed E-state index contributed by atoms with van der Waals surface area (Å²) in [6, 6.07) is 6.82. The quantitative estimate of drug-likeness (QED) is 0.389. The Morgan fingerprint density at radius 2 is 1.64 bits per heavy atom. The monoisotopic (exact) mass is 478 g/mol. The number of nitro groups is 1. The van der Waals surface area contributed by atoms with E-state index in [0.29, 0.717) is 11.5 Å². The molecule has 11 nitrogen and oxygen atoms in total. The summed E-state index contributed by atoms with van der Waals surface area (Å²) < 4.78 is 10.3. The molecule has 0 radical (unpaired) electrons. The summed E-state index contributed by atoms with van der Waals surface area (Å²) in [5, 5.41) is 13.2. The van der Waals surface area contributed by atoms with Crippen molar-refractivity contribution in [1.82, 2.24) is 16.2 Å². The lowest BCUT2D eigenvalue weighted by Crippen LogP contribution is -2.54. The predicted molar refractivity (Wildman–Crippen MR) is 119 cm³/mol. The van der Waals surface area contributed by atoms with E-state index >= 15 is 0 Å². The Kier molecular flexibility index (Phi) is 8.57. The largest absolute Gasteiger partial charge is 0.493 e. The standard InChI is InChI=1S/C21H23ClN4O7/c1-11(2)18(23-20(28)14-7-6-13(26(30)31)10-15(14)22)21(29)25-24-19(27)12-5-8-16(32-3)17(9-12)33-4/h5-11,18H,1-4H3,(H,23,28)(H,24,27)(H,25,29)/t18-/m0/s1. The summed E-state index contributed by atoms with van der Waals surface area (Å²) in [7, 11) is 2.89. The number of methoxy groups -OCH3 is 2. The molecule has 0 heterocycles. The molecule has 0 aliphatic rings. The van der Waals surface area contributed by atoms with Gasteiger partial charge in [-0.05, 0) is 30.2 Å². The van der Waals surface area contributed by atoms with Crippen molar-refractivity contribution in [2.24, 2.45) is 5.92 Å². The van der Waals surface area contributed by atoms with Crippen LogP contribution in [0.25, 0.3) is 0 Å². The van der Waals surface area contributed by atoms with Gasteiger partial charge in [0.25, 0.3) is 23.4 Å². The molecule has 2 aromatic carbocycles. The number of non-ortho nitro benzene ring substituents is 1. The molecule has 0 spiro atoms. The summed E-state index contributed by atoms with van der Waals surface area (Å²) in [5.41, 5.74) is 4.46. The zero-order valence-electron chi connectivity index (χ0n) is 18.3. The fourth-order valence-corrected chi connectivity index (χ4v) is 3.06. The van der Waals surface area contributed by atoms with Crippen molar-refractivity contribution in [3.05, 3.63) is 62.7 Å². The van der Waals surface area contributed by atoms with Crippen molar-refractivity contribution >= 4 is 35.0 Å². The van der Waals surface area contributed by atoms with E-state index < -0.39 is 28.7 Å². The summed E-state index contributed by atoms with van der Waals surface area (Å²) >= 11 is 5.99. The number of nitrogens with zero attached hydrogens (tertiary/aromatic N) is 1. The Balaban J connectivity index is 2.07. The van der Waals surface area contributed by atoms with Crippen LogP contribution >= 0.6 is 11.6 Å². The van der Waals surface area contributed by atoms with Crippen LogP contribution in [0.1, 0.15) is 34.6 Å². The molecule has 12 heteroatoms. The number of hydrazine groups is 1. The minimum atomic E-state index is -1.03. The fourth-order valence-electron chi connectivity index (χ4n) is 2.80. The van der Waals surface area contributed by atoms with Gasteiger partial charge in [0, 0.05) is 17.7 Å². The molecule has 3 amide bonds. The highest BCUT2D eigenvalue weighted by molar-refractivity contribution is 6.34. The van der Waals surface area contributed by atoms with Crippen molar-refractivity contribution in [3.63, 3.8) is 0 Å². The van der Waals surface area contributed by atoms with Gasteiger partial charge >= 0.3 is 0 Å². The molecular formula is C21H23ClN4O7. The number of hydrogen-bond donors (Lipinski definition) is 3. The highest BCUT2D eigenvalue weighted by Gasteiger charge is 2.26. The number of benzene rings is 2. The van der Waals surface area contributed by atoms with Gasteiger partial charge in [-0.2, -0.15) is 0 Å². The average molecular weight is 479 g/mol. The van der Waals surface area contributed by atoms with Crippen LogP contribution in [0.15, 0.2) is 36.4 Å². The summed E-state index contributed by atoms with van der Waals surface area (Å²) in [4.78, 5) is 47.8. The highest BCUT2D eigenvalue weighted by Crippen LogP contribution is 2.27. The molecule has 3 N–H and O–H groups in total. The van der Waals surface area contributed by atoms with Gasteiger partial charge in [-0.1, -0.05) is 25.4 Å². The second-order valence-corrected chi connectivity index (χ2v) is 7.54. The van der Waals surface area contributed by atoms with Crippen LogP contribution in [0.2, 0.25) is 5.02 Å². The Labute approximate surface area is 194 Å². The van der Waals surface area contributed by atoms with Gasteiger partial charge in [0.2, 0.25) is 0 Å². The summed E-state index contributed by atoms with van der Waals surface area (Å²) in [6.07, 6.45) is 0. The highest BCUT2D eigenvalue weighted by atomic mass is 35.5. The zero-order chi connectivity index (χ0) is 24.7. The van der Waals surface area contributed by atoms with Gasteiger partial charge in [-0.3, -0.25) is 35.3 Å². The van der Waals surface area contributed by atoms with E-state index in [1.165, 1.54) is 32.4 Å². The molecule has 33 heavy (non-hydrogen) atoms. The molecule has 0 unspecified atom stereocenters. The number of carbonyl (C=O) groups excluding carboxylic acids is 3. The molecule has 0 aliphatic carbocycles. The first kappa shape index (κ1) is 25.4. The van der Waals surface area contributed by atoms with E-state index in [1.54, 1.807) is 19.9 Å². The molecule has 0 fully saturated rings. The maximum absolute atomic E-state index is 12.6. The first-order chi connectivity index (χ1) is 15.6. The number of ether oxygens (including phenoxy) is 2. The van der Waals surface area contributed by atoms with Gasteiger partial charge in [-0.15, -0.1) is 0 Å². The SMILES string of the molecule is COc1ccc(C(=O)NNC(=O)[C@@H](NC(=O)c2ccc([N+](=O)[O-])cc2Cl)C(C)C)cc1OC. The third-order valence-corrected chi connectivity index (χ3v) is 4.90. The van der Waals surface area contributed by atoms with E-state index in [2.05, 4.69) is 16.2 Å². The number of rotatable bonds is 8. The smallest absolute Gasteiger partial charge is 0.270 e. The normalized spacial score (nSPS) is 11.3. The predicted octanol–water partition coefficient (Wildman–Crippen LogP) is 2.48. The van der Waals surface area contributed by atoms with Gasteiger partial charge in [0.05, 0.1) is 29.7 Å². The Hall–Kier alpha value is -3.86. The number of nitro benzene ring substituents is 1. The van der Waals surface area contributed by atoms with Crippen molar-refractivity contribution in [3.8, 4) is 11.5 Å². The van der Waals surface area contributed by atoms with Crippen LogP contribution in [0, 0.1) is 16.0 Å². The van der Waals surface area contributed by atoms with Gasteiger partial charge in [-0.25, -0.2) is 0 Å². The van der Waals surface area contributed by atoms with Crippen LogP contribution in [0.4, 0.5) is 5.69 Å². The van der Waals surface area contributed by atoms with Crippen LogP contribution in [-0.4, -0.2) is 42.9 Å². The molecule has 1 atom stereocenters. The zero-order valence-corrected chi connectivity index (χ0v) is 19.1. The second-order valence-electron chi connectivity index (χ2n) is 7.13. The first-order valence-electron chi connectivity index (χ1n) is 9.66. The molecule has 0 aliphatic heterocycles. The molecule has 0 aromatic heterocycles. The maximum atomic E-state index is 12.6. The topological polar surface area (TPSA) is 149 Å². The minimum absolute atomic E-state index is 0.0323. The van der Waals surface area contributed by atoms with E-state index in [1.807, 2.05) is 0 Å². The molecule has 0 saturated carbocycles. The van der Waals surface area contributed by atoms with E-state index in [-0.39, 0.29) is 27.8 Å². The van der Waals surface area contributed by atoms with Crippen LogP contribution in [0.3, 0.4) is 0 Å². The second kappa shape index (κ2) is 11.1. The molecular weight excluding hydrogens is 456 g/mol. The molecule has 0 saturated heterocycles. The maximum Gasteiger partial charge on any atom is 0.270 e. The third kappa shape index (κ3) is 6.32. The van der Waals surface area contributed by atoms with E-state index in [0.717, 1.165) is 12.1 Å². The number of nitrogens with one attached hydrogen (secondary N) is 3. The fraction of sp³-hybridized carbons (Fsp3) is 0.286. The van der Waals surface area contributed by atoms with Gasteiger partial charge < -0.3 is 14.8 Å². The minimum Gasteiger partial charge on any atom is -0.493 e. The number of amides is 3. The lowest BCUT2D eigenvalue weighted by Gasteiger charge is -2.22. The average Bonchev–Trinajstić information content (AvgIpc) is 2.79. The van der Waals surface area contributed by atoms with Crippen molar-refractivity contribution < 1.29 is 28.8 Å². The van der Waals surface area contributed by atoms with Crippen molar-refractivity contribution in [2.45, 2.75) is 19.9 Å². The molecule has 0 bridgehead atoms. The van der Waals surface area contributed by atoms with Crippen molar-refractivity contribution in [1.29, 1.82) is 0 Å². The van der Waals surface area contributed by atoms with Gasteiger partial charge in [0.15, 0.2) is 11.5 Å². The van der Waals surface area contributed by atoms with Gasteiger partial charge in [0.1, 0.15) is 6.04 Å². The molecule has 176 valence electrons. The van der Waals surface area contributed by atoms with Crippen LogP contribution in [0.5, 0.6) is 11.5 Å². The number of hydrogen-bond acceptors (Lipinski definition) is 7. The Morgan fingerprint density at radius 3 is 2.18 bits per heavy atom. The number of halogens is 1. The summed E-state index contributed by atoms with van der Waals surface area (Å²) in [6.45, 7) is 3.39. The third-order valence-electron chi connectivity index (χ3n) is 4.59. The van der Waals surface area contributed by atoms with E-state index in [4.69, 9.17) is 21.1 Å². The number of carbonyl (C=O) groups is 3. The lowest BCUT2D eigenvalue weighted by molar-refractivity contribution is -0.384. The molecule has 2 aromatic rings. The van der Waals surface area contributed by atoms with Crippen LogP contribution in [-0.2, 0) is 4.79 Å².